The molecule has 6 heteroatoms. The molecule has 0 atom stereocenters. The lowest BCUT2D eigenvalue weighted by Crippen LogP contribution is -2.12. The molecule has 0 amide bonds. The topological polar surface area (TPSA) is 67.8 Å². The summed E-state index contributed by atoms with van der Waals surface area (Å²) in [5.41, 5.74) is 3.18. The van der Waals surface area contributed by atoms with Crippen molar-refractivity contribution in [2.24, 2.45) is 7.05 Å². The Labute approximate surface area is 137 Å². The van der Waals surface area contributed by atoms with Crippen LogP contribution in [0.15, 0.2) is 47.3 Å². The molecule has 5 nitrogen and oxygen atoms in total. The molecule has 0 unspecified atom stereocenters. The molecule has 0 aliphatic carbocycles. The summed E-state index contributed by atoms with van der Waals surface area (Å²) in [6.45, 7) is 1.86. The third-order valence-corrected chi connectivity index (χ3v) is 3.94. The van der Waals surface area contributed by atoms with E-state index in [2.05, 4.69) is 10.2 Å². The number of aromatic amines is 1. The first kappa shape index (κ1) is 15.9. The number of benzene rings is 1. The van der Waals surface area contributed by atoms with E-state index in [0.717, 1.165) is 11.3 Å². The third-order valence-electron chi connectivity index (χ3n) is 3.94. The number of aryl methyl sites for hydroxylation is 1. The summed E-state index contributed by atoms with van der Waals surface area (Å²) in [5.74, 6) is -0.532. The molecule has 3 aromatic rings. The summed E-state index contributed by atoms with van der Waals surface area (Å²) in [6, 6.07) is 10.5. The van der Waals surface area contributed by atoms with Gasteiger partial charge in [-0.2, -0.15) is 5.10 Å². The van der Waals surface area contributed by atoms with Gasteiger partial charge >= 0.3 is 0 Å². The Hall–Kier alpha value is -3.02. The molecule has 1 N–H and O–H groups in total. The summed E-state index contributed by atoms with van der Waals surface area (Å²) in [6.07, 6.45) is 0.491. The lowest BCUT2D eigenvalue weighted by atomic mass is 10.1. The van der Waals surface area contributed by atoms with E-state index in [-0.39, 0.29) is 17.2 Å². The highest BCUT2D eigenvalue weighted by atomic mass is 19.1. The Bertz CT molecular complexity index is 935. The van der Waals surface area contributed by atoms with Gasteiger partial charge in [-0.25, -0.2) is 9.49 Å². The van der Waals surface area contributed by atoms with E-state index in [1.165, 1.54) is 30.3 Å². The minimum Gasteiger partial charge on any atom is -0.344 e. The maximum atomic E-state index is 13.0. The van der Waals surface area contributed by atoms with Crippen LogP contribution >= 0.6 is 0 Å². The number of halogens is 1. The molecule has 1 aromatic carbocycles. The fourth-order valence-electron chi connectivity index (χ4n) is 2.72. The number of ketones is 1. The standard InChI is InChI=1S/C18H16FN3O2/c1-11-9-15(10-14-7-8-16(23)21-20-14)22(2)17(11)18(24)12-3-5-13(19)6-4-12/h3-9H,10H2,1-2H3,(H,21,23). The SMILES string of the molecule is Cc1cc(Cc2ccc(=O)[nH]n2)n(C)c1C(=O)c1ccc(F)cc1. The molecule has 3 rings (SSSR count). The second-order valence-corrected chi connectivity index (χ2v) is 5.65. The van der Waals surface area contributed by atoms with Crippen LogP contribution in [0.2, 0.25) is 0 Å². The van der Waals surface area contributed by atoms with Crippen LogP contribution in [0.5, 0.6) is 0 Å². The highest BCUT2D eigenvalue weighted by molar-refractivity contribution is 6.09. The molecule has 0 fully saturated rings. The quantitative estimate of drug-likeness (QED) is 0.749. The molecule has 0 saturated carbocycles. The summed E-state index contributed by atoms with van der Waals surface area (Å²) < 4.78 is 14.9. The van der Waals surface area contributed by atoms with Gasteiger partial charge in [-0.05, 0) is 48.9 Å². The second-order valence-electron chi connectivity index (χ2n) is 5.65. The Morgan fingerprint density at radius 3 is 2.54 bits per heavy atom. The van der Waals surface area contributed by atoms with Gasteiger partial charge in [-0.3, -0.25) is 9.59 Å². The molecule has 0 spiro atoms. The lowest BCUT2D eigenvalue weighted by molar-refractivity contribution is 0.103. The zero-order chi connectivity index (χ0) is 17.3. The van der Waals surface area contributed by atoms with Crippen LogP contribution < -0.4 is 5.56 Å². The van der Waals surface area contributed by atoms with Crippen LogP contribution in [0.4, 0.5) is 4.39 Å². The molecule has 0 radical (unpaired) electrons. The largest absolute Gasteiger partial charge is 0.344 e. The minimum atomic E-state index is -0.375. The number of H-pyrrole nitrogens is 1. The summed E-state index contributed by atoms with van der Waals surface area (Å²) >= 11 is 0. The van der Waals surface area contributed by atoms with Crippen molar-refractivity contribution < 1.29 is 9.18 Å². The van der Waals surface area contributed by atoms with Crippen LogP contribution in [0.25, 0.3) is 0 Å². The van der Waals surface area contributed by atoms with Gasteiger partial charge in [0.15, 0.2) is 0 Å². The number of hydrogen-bond acceptors (Lipinski definition) is 3. The van der Waals surface area contributed by atoms with E-state index in [1.54, 1.807) is 6.07 Å². The van der Waals surface area contributed by atoms with Crippen molar-refractivity contribution in [1.29, 1.82) is 0 Å². The maximum Gasteiger partial charge on any atom is 0.264 e. The fourth-order valence-corrected chi connectivity index (χ4v) is 2.72. The number of aromatic nitrogens is 3. The van der Waals surface area contributed by atoms with Crippen LogP contribution in [0.3, 0.4) is 0 Å². The fraction of sp³-hybridized carbons (Fsp3) is 0.167. The Balaban J connectivity index is 1.94. The Kier molecular flexibility index (Phi) is 4.12. The Morgan fingerprint density at radius 1 is 1.21 bits per heavy atom. The van der Waals surface area contributed by atoms with Crippen LogP contribution in [0, 0.1) is 12.7 Å². The van der Waals surface area contributed by atoms with Gasteiger partial charge in [0.2, 0.25) is 5.78 Å². The summed E-state index contributed by atoms with van der Waals surface area (Å²) in [5, 5.41) is 6.39. The van der Waals surface area contributed by atoms with Gasteiger partial charge in [-0.1, -0.05) is 0 Å². The molecular formula is C18H16FN3O2. The third kappa shape index (κ3) is 3.03. The molecule has 0 aliphatic heterocycles. The highest BCUT2D eigenvalue weighted by Crippen LogP contribution is 2.20. The van der Waals surface area contributed by atoms with Crippen molar-refractivity contribution >= 4 is 5.78 Å². The van der Waals surface area contributed by atoms with E-state index in [4.69, 9.17) is 0 Å². The first-order valence-electron chi connectivity index (χ1n) is 7.46. The van der Waals surface area contributed by atoms with Crippen molar-refractivity contribution in [3.05, 3.63) is 86.8 Å². The molecule has 0 bridgehead atoms. The van der Waals surface area contributed by atoms with Crippen LogP contribution in [-0.2, 0) is 13.5 Å². The zero-order valence-corrected chi connectivity index (χ0v) is 13.3. The zero-order valence-electron chi connectivity index (χ0n) is 13.3. The van der Waals surface area contributed by atoms with Crippen molar-refractivity contribution in [2.45, 2.75) is 13.3 Å². The van der Waals surface area contributed by atoms with Gasteiger partial charge in [0.05, 0.1) is 11.4 Å². The lowest BCUT2D eigenvalue weighted by Gasteiger charge is -2.08. The van der Waals surface area contributed by atoms with Crippen LogP contribution in [-0.4, -0.2) is 20.5 Å². The van der Waals surface area contributed by atoms with E-state index >= 15 is 0 Å². The molecule has 2 aromatic heterocycles. The molecule has 0 saturated heterocycles. The smallest absolute Gasteiger partial charge is 0.264 e. The van der Waals surface area contributed by atoms with E-state index in [9.17, 15) is 14.0 Å². The molecular weight excluding hydrogens is 309 g/mol. The average Bonchev–Trinajstić information content (AvgIpc) is 2.83. The second kappa shape index (κ2) is 6.23. The number of nitrogens with zero attached hydrogens (tertiary/aromatic N) is 2. The number of carbonyl (C=O) groups excluding carboxylic acids is 1. The number of rotatable bonds is 4. The first-order chi connectivity index (χ1) is 11.5. The molecule has 0 aliphatic rings. The van der Waals surface area contributed by atoms with Gasteiger partial charge in [0, 0.05) is 30.8 Å². The summed E-state index contributed by atoms with van der Waals surface area (Å²) in [4.78, 5) is 23.8. The number of carbonyl (C=O) groups is 1. The number of nitrogens with one attached hydrogen (secondary N) is 1. The van der Waals surface area contributed by atoms with Crippen LogP contribution in [0.1, 0.15) is 33.0 Å². The van der Waals surface area contributed by atoms with Crippen molar-refractivity contribution in [2.75, 3.05) is 0 Å². The van der Waals surface area contributed by atoms with E-state index in [0.29, 0.717) is 23.4 Å². The average molecular weight is 325 g/mol. The molecule has 24 heavy (non-hydrogen) atoms. The van der Waals surface area contributed by atoms with Crippen molar-refractivity contribution in [3.63, 3.8) is 0 Å². The molecule has 2 heterocycles. The van der Waals surface area contributed by atoms with Crippen molar-refractivity contribution in [1.82, 2.24) is 14.8 Å². The van der Waals surface area contributed by atoms with E-state index < -0.39 is 0 Å². The monoisotopic (exact) mass is 325 g/mol. The summed E-state index contributed by atoms with van der Waals surface area (Å²) in [7, 11) is 1.81. The van der Waals surface area contributed by atoms with E-state index in [1.807, 2.05) is 24.6 Å². The highest BCUT2D eigenvalue weighted by Gasteiger charge is 2.18. The van der Waals surface area contributed by atoms with Gasteiger partial charge < -0.3 is 4.57 Å². The Morgan fingerprint density at radius 2 is 1.92 bits per heavy atom. The minimum absolute atomic E-state index is 0.157. The molecule has 122 valence electrons. The maximum absolute atomic E-state index is 13.0. The predicted molar refractivity (Wildman–Crippen MR) is 87.6 cm³/mol. The first-order valence-corrected chi connectivity index (χ1v) is 7.46. The number of hydrogen-bond donors (Lipinski definition) is 1. The van der Waals surface area contributed by atoms with Crippen molar-refractivity contribution in [3.8, 4) is 0 Å². The van der Waals surface area contributed by atoms with Gasteiger partial charge in [0.1, 0.15) is 5.82 Å². The van der Waals surface area contributed by atoms with Gasteiger partial charge in [0.25, 0.3) is 5.56 Å². The predicted octanol–water partition coefficient (Wildman–Crippen LogP) is 2.38. The normalized spacial score (nSPS) is 10.8. The van der Waals surface area contributed by atoms with Gasteiger partial charge in [-0.15, -0.1) is 0 Å².